The molecule has 2 unspecified atom stereocenters. The van der Waals surface area contributed by atoms with Gasteiger partial charge in [-0.15, -0.1) is 0 Å². The van der Waals surface area contributed by atoms with E-state index in [4.69, 9.17) is 0 Å². The van der Waals surface area contributed by atoms with Gasteiger partial charge in [0, 0.05) is 19.1 Å². The summed E-state index contributed by atoms with van der Waals surface area (Å²) >= 11 is 1.99. The van der Waals surface area contributed by atoms with Crippen LogP contribution >= 0.6 is 11.8 Å². The molecular formula is C13H28N2OS. The Morgan fingerprint density at radius 3 is 2.71 bits per heavy atom. The molecule has 0 aromatic carbocycles. The quantitative estimate of drug-likeness (QED) is 0.617. The minimum Gasteiger partial charge on any atom is -0.390 e. The molecule has 0 amide bonds. The van der Waals surface area contributed by atoms with E-state index in [1.807, 2.05) is 11.8 Å². The molecule has 0 saturated carbocycles. The summed E-state index contributed by atoms with van der Waals surface area (Å²) in [5.74, 6) is 2.41. The van der Waals surface area contributed by atoms with Gasteiger partial charge in [0.1, 0.15) is 0 Å². The Kier molecular flexibility index (Phi) is 8.27. The van der Waals surface area contributed by atoms with Gasteiger partial charge in [-0.3, -0.25) is 0 Å². The van der Waals surface area contributed by atoms with Crippen molar-refractivity contribution in [3.63, 3.8) is 0 Å². The first-order chi connectivity index (χ1) is 8.22. The van der Waals surface area contributed by atoms with Crippen LogP contribution in [-0.4, -0.2) is 59.8 Å². The molecule has 1 saturated heterocycles. The zero-order valence-electron chi connectivity index (χ0n) is 11.3. The van der Waals surface area contributed by atoms with Crippen molar-refractivity contribution in [2.45, 2.75) is 45.3 Å². The number of nitrogens with zero attached hydrogens (tertiary/aromatic N) is 1. The fraction of sp³-hybridized carbons (Fsp3) is 1.00. The Morgan fingerprint density at radius 2 is 2.06 bits per heavy atom. The maximum absolute atomic E-state index is 9.92. The summed E-state index contributed by atoms with van der Waals surface area (Å²) in [6, 6.07) is 0.516. The number of rotatable bonds is 9. The van der Waals surface area contributed by atoms with E-state index in [1.54, 1.807) is 0 Å². The Labute approximate surface area is 110 Å². The lowest BCUT2D eigenvalue weighted by molar-refractivity contribution is 0.121. The first-order valence-corrected chi connectivity index (χ1v) is 8.09. The van der Waals surface area contributed by atoms with Crippen LogP contribution < -0.4 is 5.32 Å². The molecule has 1 rings (SSSR count). The highest BCUT2D eigenvalue weighted by Crippen LogP contribution is 2.08. The van der Waals surface area contributed by atoms with Crippen molar-refractivity contribution < 1.29 is 5.11 Å². The second-order valence-electron chi connectivity index (χ2n) is 4.96. The molecule has 1 fully saturated rings. The highest BCUT2D eigenvalue weighted by atomic mass is 32.2. The first kappa shape index (κ1) is 15.3. The van der Waals surface area contributed by atoms with Gasteiger partial charge in [0.2, 0.25) is 0 Å². The standard InChI is InChI=1S/C13H28N2OS/c1-3-17-9-6-12(2)14-10-13(16)11-15-7-4-5-8-15/h12-14,16H,3-11H2,1-2H3. The van der Waals surface area contributed by atoms with Gasteiger partial charge in [-0.05, 0) is 50.8 Å². The molecule has 3 nitrogen and oxygen atoms in total. The smallest absolute Gasteiger partial charge is 0.0791 e. The molecule has 0 radical (unpaired) electrons. The zero-order chi connectivity index (χ0) is 12.5. The van der Waals surface area contributed by atoms with Crippen LogP contribution in [0.15, 0.2) is 0 Å². The van der Waals surface area contributed by atoms with Gasteiger partial charge in [0.05, 0.1) is 6.10 Å². The normalized spacial score (nSPS) is 20.6. The van der Waals surface area contributed by atoms with E-state index in [0.29, 0.717) is 6.04 Å². The Bertz CT molecular complexity index is 186. The fourth-order valence-electron chi connectivity index (χ4n) is 2.17. The lowest BCUT2D eigenvalue weighted by Crippen LogP contribution is -2.40. The van der Waals surface area contributed by atoms with Gasteiger partial charge in [-0.1, -0.05) is 6.92 Å². The molecule has 2 N–H and O–H groups in total. The number of hydrogen-bond donors (Lipinski definition) is 2. The van der Waals surface area contributed by atoms with E-state index in [0.717, 1.165) is 13.1 Å². The van der Waals surface area contributed by atoms with Crippen molar-refractivity contribution in [1.29, 1.82) is 0 Å². The summed E-state index contributed by atoms with van der Waals surface area (Å²) in [6.45, 7) is 8.30. The largest absolute Gasteiger partial charge is 0.390 e. The second kappa shape index (κ2) is 9.20. The maximum atomic E-state index is 9.92. The number of nitrogens with one attached hydrogen (secondary N) is 1. The average molecular weight is 260 g/mol. The van der Waals surface area contributed by atoms with E-state index >= 15 is 0 Å². The molecule has 0 aromatic heterocycles. The molecule has 0 spiro atoms. The summed E-state index contributed by atoms with van der Waals surface area (Å²) in [6.07, 6.45) is 3.57. The van der Waals surface area contributed by atoms with E-state index < -0.39 is 0 Å². The van der Waals surface area contributed by atoms with Crippen LogP contribution in [0.1, 0.15) is 33.1 Å². The van der Waals surface area contributed by atoms with Crippen LogP contribution in [-0.2, 0) is 0 Å². The van der Waals surface area contributed by atoms with Crippen molar-refractivity contribution in [2.24, 2.45) is 0 Å². The molecule has 2 atom stereocenters. The molecule has 102 valence electrons. The van der Waals surface area contributed by atoms with Crippen LogP contribution in [0.4, 0.5) is 0 Å². The van der Waals surface area contributed by atoms with Gasteiger partial charge < -0.3 is 15.3 Å². The Hall–Kier alpha value is 0.230. The SMILES string of the molecule is CCSCCC(C)NCC(O)CN1CCCC1. The number of aliphatic hydroxyl groups excluding tert-OH is 1. The fourth-order valence-corrected chi connectivity index (χ4v) is 2.98. The van der Waals surface area contributed by atoms with E-state index in [1.165, 1.54) is 43.9 Å². The van der Waals surface area contributed by atoms with Crippen LogP contribution in [0.2, 0.25) is 0 Å². The number of β-amino-alcohol motifs (C(OH)–C–C–N with tert-alkyl or cyclic N) is 1. The predicted molar refractivity (Wildman–Crippen MR) is 76.8 cm³/mol. The van der Waals surface area contributed by atoms with Crippen molar-refractivity contribution >= 4 is 11.8 Å². The minimum absolute atomic E-state index is 0.214. The molecule has 1 heterocycles. The third-order valence-corrected chi connectivity index (χ3v) is 4.20. The highest BCUT2D eigenvalue weighted by molar-refractivity contribution is 7.99. The number of hydrogen-bond acceptors (Lipinski definition) is 4. The number of thioether (sulfide) groups is 1. The molecule has 4 heteroatoms. The van der Waals surface area contributed by atoms with Crippen LogP contribution in [0.3, 0.4) is 0 Å². The van der Waals surface area contributed by atoms with Crippen LogP contribution in [0.5, 0.6) is 0 Å². The molecule has 0 aromatic rings. The Morgan fingerprint density at radius 1 is 1.35 bits per heavy atom. The van der Waals surface area contributed by atoms with Crippen molar-refractivity contribution in [2.75, 3.05) is 37.7 Å². The molecular weight excluding hydrogens is 232 g/mol. The summed E-state index contributed by atoms with van der Waals surface area (Å²) in [4.78, 5) is 2.37. The molecule has 17 heavy (non-hydrogen) atoms. The molecule has 0 bridgehead atoms. The lowest BCUT2D eigenvalue weighted by Gasteiger charge is -2.21. The molecule has 1 aliphatic rings. The highest BCUT2D eigenvalue weighted by Gasteiger charge is 2.15. The summed E-state index contributed by atoms with van der Waals surface area (Å²) in [7, 11) is 0. The number of aliphatic hydroxyl groups is 1. The monoisotopic (exact) mass is 260 g/mol. The van der Waals surface area contributed by atoms with Crippen molar-refractivity contribution in [3.8, 4) is 0 Å². The maximum Gasteiger partial charge on any atom is 0.0791 e. The minimum atomic E-state index is -0.214. The van der Waals surface area contributed by atoms with Crippen LogP contribution in [0, 0.1) is 0 Å². The van der Waals surface area contributed by atoms with Gasteiger partial charge in [0.25, 0.3) is 0 Å². The topological polar surface area (TPSA) is 35.5 Å². The third-order valence-electron chi connectivity index (χ3n) is 3.27. The predicted octanol–water partition coefficient (Wildman–Crippen LogP) is 1.56. The molecule has 0 aliphatic carbocycles. The number of likely N-dealkylation sites (tertiary alicyclic amines) is 1. The van der Waals surface area contributed by atoms with Gasteiger partial charge in [0.15, 0.2) is 0 Å². The third kappa shape index (κ3) is 7.29. The van der Waals surface area contributed by atoms with Crippen molar-refractivity contribution in [1.82, 2.24) is 10.2 Å². The van der Waals surface area contributed by atoms with Crippen LogP contribution in [0.25, 0.3) is 0 Å². The Balaban J connectivity index is 1.99. The second-order valence-corrected chi connectivity index (χ2v) is 6.35. The first-order valence-electron chi connectivity index (χ1n) is 6.94. The van der Waals surface area contributed by atoms with Crippen molar-refractivity contribution in [3.05, 3.63) is 0 Å². The van der Waals surface area contributed by atoms with E-state index in [9.17, 15) is 5.11 Å². The van der Waals surface area contributed by atoms with Gasteiger partial charge >= 0.3 is 0 Å². The summed E-state index contributed by atoms with van der Waals surface area (Å²) in [5.41, 5.74) is 0. The average Bonchev–Trinajstić information content (AvgIpc) is 2.79. The molecule has 1 aliphatic heterocycles. The lowest BCUT2D eigenvalue weighted by atomic mass is 10.2. The summed E-state index contributed by atoms with van der Waals surface area (Å²) < 4.78 is 0. The zero-order valence-corrected chi connectivity index (χ0v) is 12.1. The van der Waals surface area contributed by atoms with E-state index in [2.05, 4.69) is 24.1 Å². The summed E-state index contributed by atoms with van der Waals surface area (Å²) in [5, 5.41) is 13.3. The van der Waals surface area contributed by atoms with E-state index in [-0.39, 0.29) is 6.10 Å². The van der Waals surface area contributed by atoms with Gasteiger partial charge in [-0.2, -0.15) is 11.8 Å². The van der Waals surface area contributed by atoms with Gasteiger partial charge in [-0.25, -0.2) is 0 Å².